The van der Waals surface area contributed by atoms with E-state index in [1.807, 2.05) is 0 Å². The summed E-state index contributed by atoms with van der Waals surface area (Å²) in [6, 6.07) is 0.271. The van der Waals surface area contributed by atoms with E-state index in [4.69, 9.17) is 0 Å². The molecule has 1 amide bonds. The van der Waals surface area contributed by atoms with Gasteiger partial charge in [0.25, 0.3) is 0 Å². The van der Waals surface area contributed by atoms with E-state index in [2.05, 4.69) is 44.4 Å². The van der Waals surface area contributed by atoms with Crippen molar-refractivity contribution in [1.82, 2.24) is 10.2 Å². The molecule has 3 aliphatic rings. The lowest BCUT2D eigenvalue weighted by Crippen LogP contribution is -2.45. The zero-order chi connectivity index (χ0) is 12.6. The second-order valence-electron chi connectivity index (χ2n) is 5.53. The zero-order valence-corrected chi connectivity index (χ0v) is 12.1. The van der Waals surface area contributed by atoms with Crippen LogP contribution < -0.4 is 5.32 Å². The van der Waals surface area contributed by atoms with Crippen LogP contribution in [0.3, 0.4) is 0 Å². The average Bonchev–Trinajstić information content (AvgIpc) is 2.70. The summed E-state index contributed by atoms with van der Waals surface area (Å²) in [6.07, 6.45) is 10.4. The minimum Gasteiger partial charge on any atom is -0.335 e. The lowest BCUT2D eigenvalue weighted by molar-refractivity contribution is -0.138. The lowest BCUT2D eigenvalue weighted by Gasteiger charge is -2.34. The van der Waals surface area contributed by atoms with Gasteiger partial charge in [-0.3, -0.25) is 4.79 Å². The molecule has 1 N–H and O–H groups in total. The van der Waals surface area contributed by atoms with Crippen LogP contribution in [0.4, 0.5) is 0 Å². The van der Waals surface area contributed by atoms with Gasteiger partial charge < -0.3 is 10.2 Å². The van der Waals surface area contributed by atoms with Gasteiger partial charge in [0, 0.05) is 11.0 Å². The van der Waals surface area contributed by atoms with Crippen molar-refractivity contribution in [2.45, 2.75) is 31.7 Å². The van der Waals surface area contributed by atoms with Crippen LogP contribution in [0, 0.1) is 5.41 Å². The largest absolute Gasteiger partial charge is 0.335 e. The Labute approximate surface area is 116 Å². The second-order valence-corrected chi connectivity index (χ2v) is 6.45. The van der Waals surface area contributed by atoms with Crippen molar-refractivity contribution in [2.24, 2.45) is 5.41 Å². The Balaban J connectivity index is 1.73. The normalized spacial score (nSPS) is 30.9. The molecule has 2 heterocycles. The fraction of sp³-hybridized carbons (Fsp3) is 0.643. The molecule has 98 valence electrons. The van der Waals surface area contributed by atoms with E-state index in [1.54, 1.807) is 0 Å². The van der Waals surface area contributed by atoms with Gasteiger partial charge in [-0.1, -0.05) is 34.2 Å². The number of nitrogens with zero attached hydrogens (tertiary/aromatic N) is 1. The van der Waals surface area contributed by atoms with E-state index >= 15 is 0 Å². The number of carbonyl (C=O) groups excluding carboxylic acids is 1. The number of carbonyl (C=O) groups is 1. The molecule has 2 saturated heterocycles. The van der Waals surface area contributed by atoms with Crippen LogP contribution in [-0.2, 0) is 4.79 Å². The van der Waals surface area contributed by atoms with Crippen LogP contribution in [0.15, 0.2) is 22.7 Å². The standard InChI is InChI=1S/C14H19BrN2O/c15-11-1-3-12(4-2-11)17-10-7-14(13(17)18)5-8-16-9-6-14/h1-3,12,16H,4-10H2. The third-order valence-electron chi connectivity index (χ3n) is 4.54. The molecule has 0 saturated carbocycles. The van der Waals surface area contributed by atoms with Crippen LogP contribution in [0.5, 0.6) is 0 Å². The molecular weight excluding hydrogens is 292 g/mol. The molecule has 1 unspecified atom stereocenters. The van der Waals surface area contributed by atoms with Crippen molar-refractivity contribution in [2.75, 3.05) is 19.6 Å². The second kappa shape index (κ2) is 4.82. The maximum Gasteiger partial charge on any atom is 0.229 e. The van der Waals surface area contributed by atoms with Gasteiger partial charge >= 0.3 is 0 Å². The summed E-state index contributed by atoms with van der Waals surface area (Å²) in [5.41, 5.74) is -0.0442. The Bertz CT molecular complexity index is 410. The molecular formula is C14H19BrN2O. The number of allylic oxidation sites excluding steroid dienone is 2. The first-order valence-electron chi connectivity index (χ1n) is 6.77. The van der Waals surface area contributed by atoms with E-state index in [0.717, 1.165) is 49.8 Å². The van der Waals surface area contributed by atoms with Crippen LogP contribution in [0.25, 0.3) is 0 Å². The summed E-state index contributed by atoms with van der Waals surface area (Å²) < 4.78 is 1.13. The number of likely N-dealkylation sites (tertiary alicyclic amines) is 1. The van der Waals surface area contributed by atoms with Gasteiger partial charge in [-0.25, -0.2) is 0 Å². The summed E-state index contributed by atoms with van der Waals surface area (Å²) >= 11 is 3.47. The van der Waals surface area contributed by atoms with E-state index in [-0.39, 0.29) is 11.5 Å². The van der Waals surface area contributed by atoms with Crippen molar-refractivity contribution < 1.29 is 4.79 Å². The van der Waals surface area contributed by atoms with Crippen LogP contribution in [0.1, 0.15) is 25.7 Å². The number of amides is 1. The highest BCUT2D eigenvalue weighted by Gasteiger charge is 2.48. The number of rotatable bonds is 1. The third kappa shape index (κ3) is 2.05. The summed E-state index contributed by atoms with van der Waals surface area (Å²) in [5.74, 6) is 0.394. The summed E-state index contributed by atoms with van der Waals surface area (Å²) in [5, 5.41) is 3.36. The van der Waals surface area contributed by atoms with Gasteiger partial charge in [-0.05, 0) is 38.8 Å². The maximum atomic E-state index is 12.7. The van der Waals surface area contributed by atoms with E-state index in [9.17, 15) is 4.79 Å². The Kier molecular flexibility index (Phi) is 3.32. The highest BCUT2D eigenvalue weighted by atomic mass is 79.9. The molecule has 0 aromatic rings. The molecule has 0 aromatic heterocycles. The fourth-order valence-corrected chi connectivity index (χ4v) is 3.69. The van der Waals surface area contributed by atoms with Gasteiger partial charge in [0.2, 0.25) is 5.91 Å². The van der Waals surface area contributed by atoms with Gasteiger partial charge in [-0.15, -0.1) is 0 Å². The Morgan fingerprint density at radius 3 is 2.78 bits per heavy atom. The zero-order valence-electron chi connectivity index (χ0n) is 10.5. The molecule has 1 atom stereocenters. The molecule has 18 heavy (non-hydrogen) atoms. The maximum absolute atomic E-state index is 12.7. The van der Waals surface area contributed by atoms with Gasteiger partial charge in [0.15, 0.2) is 0 Å². The first kappa shape index (κ1) is 12.4. The molecule has 2 aliphatic heterocycles. The molecule has 0 aromatic carbocycles. The highest BCUT2D eigenvalue weighted by Crippen LogP contribution is 2.41. The number of nitrogens with one attached hydrogen (secondary N) is 1. The third-order valence-corrected chi connectivity index (χ3v) is 5.13. The van der Waals surface area contributed by atoms with Crippen molar-refractivity contribution in [3.05, 3.63) is 22.7 Å². The molecule has 3 nitrogen and oxygen atoms in total. The fourth-order valence-electron chi connectivity index (χ4n) is 3.35. The smallest absolute Gasteiger partial charge is 0.229 e. The van der Waals surface area contributed by atoms with Crippen LogP contribution >= 0.6 is 15.9 Å². The predicted octanol–water partition coefficient (Wildman–Crippen LogP) is 2.20. The molecule has 1 aliphatic carbocycles. The van der Waals surface area contributed by atoms with Crippen molar-refractivity contribution in [3.8, 4) is 0 Å². The molecule has 2 fully saturated rings. The lowest BCUT2D eigenvalue weighted by atomic mass is 9.77. The Morgan fingerprint density at radius 2 is 2.11 bits per heavy atom. The van der Waals surface area contributed by atoms with Crippen molar-refractivity contribution in [1.29, 1.82) is 0 Å². The molecule has 1 spiro atoms. The van der Waals surface area contributed by atoms with Crippen molar-refractivity contribution in [3.63, 3.8) is 0 Å². The van der Waals surface area contributed by atoms with E-state index in [1.165, 1.54) is 0 Å². The molecule has 4 heteroatoms. The van der Waals surface area contributed by atoms with Crippen molar-refractivity contribution >= 4 is 21.8 Å². The number of halogens is 1. The Morgan fingerprint density at radius 1 is 1.33 bits per heavy atom. The summed E-state index contributed by atoms with van der Waals surface area (Å²) in [7, 11) is 0. The van der Waals surface area contributed by atoms with E-state index < -0.39 is 0 Å². The van der Waals surface area contributed by atoms with Gasteiger partial charge in [-0.2, -0.15) is 0 Å². The Hall–Kier alpha value is -0.610. The average molecular weight is 311 g/mol. The van der Waals surface area contributed by atoms with Crippen LogP contribution in [-0.4, -0.2) is 36.5 Å². The number of hydrogen-bond donors (Lipinski definition) is 1. The van der Waals surface area contributed by atoms with E-state index in [0.29, 0.717) is 5.91 Å². The summed E-state index contributed by atoms with van der Waals surface area (Å²) in [4.78, 5) is 14.8. The first-order chi connectivity index (χ1) is 8.71. The monoisotopic (exact) mass is 310 g/mol. The minimum atomic E-state index is -0.0442. The molecule has 0 radical (unpaired) electrons. The predicted molar refractivity (Wildman–Crippen MR) is 75.4 cm³/mol. The SMILES string of the molecule is O=C1N(C2C=CC(Br)=CC2)CCC12CCNCC2. The first-order valence-corrected chi connectivity index (χ1v) is 7.56. The van der Waals surface area contributed by atoms with Gasteiger partial charge in [0.05, 0.1) is 11.5 Å². The minimum absolute atomic E-state index is 0.0442. The molecule has 3 rings (SSSR count). The van der Waals surface area contributed by atoms with Crippen LogP contribution in [0.2, 0.25) is 0 Å². The summed E-state index contributed by atoms with van der Waals surface area (Å²) in [6.45, 7) is 2.91. The topological polar surface area (TPSA) is 32.3 Å². The number of hydrogen-bond acceptors (Lipinski definition) is 2. The van der Waals surface area contributed by atoms with Gasteiger partial charge in [0.1, 0.15) is 0 Å². The number of piperidine rings is 1. The highest BCUT2D eigenvalue weighted by molar-refractivity contribution is 9.11. The molecule has 0 bridgehead atoms. The quantitative estimate of drug-likeness (QED) is 0.805.